The van der Waals surface area contributed by atoms with Gasteiger partial charge in [-0.2, -0.15) is 0 Å². The minimum Gasteiger partial charge on any atom is -0.456 e. The largest absolute Gasteiger partial charge is 0.456 e. The van der Waals surface area contributed by atoms with Crippen molar-refractivity contribution in [1.82, 2.24) is 0 Å². The van der Waals surface area contributed by atoms with Crippen molar-refractivity contribution >= 4 is 32.3 Å². The quantitative estimate of drug-likeness (QED) is 0.200. The summed E-state index contributed by atoms with van der Waals surface area (Å²) < 4.78 is 6.58. The van der Waals surface area contributed by atoms with E-state index in [9.17, 15) is 0 Å². The monoisotopic (exact) mass is 546 g/mol. The maximum Gasteiger partial charge on any atom is 0.135 e. The van der Waals surface area contributed by atoms with Crippen molar-refractivity contribution in [2.24, 2.45) is 0 Å². The van der Waals surface area contributed by atoms with Crippen molar-refractivity contribution < 1.29 is 4.74 Å². The smallest absolute Gasteiger partial charge is 0.135 e. The summed E-state index contributed by atoms with van der Waals surface area (Å²) >= 11 is 0. The zero-order valence-corrected chi connectivity index (χ0v) is 23.4. The lowest BCUT2D eigenvalue weighted by Gasteiger charge is -2.23. The van der Waals surface area contributed by atoms with Gasteiger partial charge in [0.1, 0.15) is 11.5 Å². The van der Waals surface area contributed by atoms with Gasteiger partial charge in [-0.15, -0.1) is 0 Å². The second-order valence-corrected chi connectivity index (χ2v) is 11.3. The Bertz CT molecular complexity index is 2290. The molecule has 0 unspecified atom stereocenters. The Morgan fingerprint density at radius 2 is 0.860 bits per heavy atom. The highest BCUT2D eigenvalue weighted by Gasteiger charge is 2.22. The highest BCUT2D eigenvalue weighted by atomic mass is 16.5. The summed E-state index contributed by atoms with van der Waals surface area (Å²) in [6.07, 6.45) is 0. The molecule has 0 saturated carbocycles. The minimum absolute atomic E-state index is 0.900. The Labute approximate surface area is 250 Å². The van der Waals surface area contributed by atoms with E-state index in [1.165, 1.54) is 65.7 Å². The molecule has 43 heavy (non-hydrogen) atoms. The molecule has 8 aromatic rings. The molecular weight excluding hydrogens is 520 g/mol. The minimum atomic E-state index is 0.900. The molecular formula is C42H26O. The molecule has 1 aliphatic rings. The molecule has 0 saturated heterocycles. The van der Waals surface area contributed by atoms with Gasteiger partial charge in [0.25, 0.3) is 0 Å². The first-order valence-corrected chi connectivity index (χ1v) is 14.8. The van der Waals surface area contributed by atoms with Gasteiger partial charge in [-0.05, 0) is 84.1 Å². The number of hydrogen-bond donors (Lipinski definition) is 0. The third-order valence-electron chi connectivity index (χ3n) is 8.86. The van der Waals surface area contributed by atoms with E-state index in [1.807, 2.05) is 0 Å². The van der Waals surface area contributed by atoms with Gasteiger partial charge in [-0.1, -0.05) is 140 Å². The van der Waals surface area contributed by atoms with Crippen molar-refractivity contribution in [1.29, 1.82) is 0 Å². The van der Waals surface area contributed by atoms with Crippen LogP contribution in [0.15, 0.2) is 158 Å². The third-order valence-corrected chi connectivity index (χ3v) is 8.86. The molecule has 1 heterocycles. The Hall–Kier alpha value is -5.66. The molecule has 0 bridgehead atoms. The van der Waals surface area contributed by atoms with Gasteiger partial charge in [0, 0.05) is 10.9 Å². The van der Waals surface area contributed by atoms with Crippen LogP contribution >= 0.6 is 0 Å². The van der Waals surface area contributed by atoms with E-state index in [1.54, 1.807) is 0 Å². The fourth-order valence-corrected chi connectivity index (χ4v) is 6.93. The van der Waals surface area contributed by atoms with E-state index in [-0.39, 0.29) is 0 Å². The lowest BCUT2D eigenvalue weighted by molar-refractivity contribution is 0.487. The fourth-order valence-electron chi connectivity index (χ4n) is 6.93. The van der Waals surface area contributed by atoms with Crippen molar-refractivity contribution in [3.8, 4) is 56.0 Å². The average Bonchev–Trinajstić information content (AvgIpc) is 3.08. The molecule has 0 N–H and O–H groups in total. The van der Waals surface area contributed by atoms with E-state index in [4.69, 9.17) is 4.74 Å². The number of ether oxygens (including phenoxy) is 1. The van der Waals surface area contributed by atoms with Gasteiger partial charge < -0.3 is 4.74 Å². The van der Waals surface area contributed by atoms with Crippen LogP contribution in [0.2, 0.25) is 0 Å². The fraction of sp³-hybridized carbons (Fsp3) is 0. The molecule has 0 aliphatic carbocycles. The van der Waals surface area contributed by atoms with Crippen molar-refractivity contribution in [2.75, 3.05) is 0 Å². The SMILES string of the molecule is c1ccc(-c2ccc(-c3c4ccccc4c(-c4ccc5c(c4)Oc4cccc6cccc-5c46)c4ccccc34)cc2)cc1. The third kappa shape index (κ3) is 3.72. The Kier molecular flexibility index (Phi) is 5.27. The average molecular weight is 547 g/mol. The van der Waals surface area contributed by atoms with Crippen LogP contribution in [0.1, 0.15) is 0 Å². The summed E-state index contributed by atoms with van der Waals surface area (Å²) in [5.41, 5.74) is 9.69. The van der Waals surface area contributed by atoms with Crippen LogP contribution in [0.25, 0.3) is 76.8 Å². The number of rotatable bonds is 3. The Morgan fingerprint density at radius 1 is 0.326 bits per heavy atom. The molecule has 1 heteroatoms. The van der Waals surface area contributed by atoms with Crippen LogP contribution in [0.5, 0.6) is 11.5 Å². The molecule has 1 aliphatic heterocycles. The number of benzene rings is 8. The van der Waals surface area contributed by atoms with Crippen LogP contribution < -0.4 is 4.74 Å². The van der Waals surface area contributed by atoms with Gasteiger partial charge in [0.05, 0.1) is 0 Å². The molecule has 0 aromatic heterocycles. The molecule has 0 radical (unpaired) electrons. The van der Waals surface area contributed by atoms with E-state index in [2.05, 4.69) is 158 Å². The summed E-state index contributed by atoms with van der Waals surface area (Å²) in [5.74, 6) is 1.82. The maximum atomic E-state index is 6.58. The van der Waals surface area contributed by atoms with Crippen molar-refractivity contribution in [3.05, 3.63) is 158 Å². The van der Waals surface area contributed by atoms with Gasteiger partial charge >= 0.3 is 0 Å². The summed E-state index contributed by atoms with van der Waals surface area (Å²) in [4.78, 5) is 0. The predicted molar refractivity (Wildman–Crippen MR) is 181 cm³/mol. The summed E-state index contributed by atoms with van der Waals surface area (Å²) in [5, 5.41) is 7.36. The molecule has 0 spiro atoms. The first-order valence-electron chi connectivity index (χ1n) is 14.8. The molecule has 0 atom stereocenters. The van der Waals surface area contributed by atoms with Crippen LogP contribution in [-0.4, -0.2) is 0 Å². The number of hydrogen-bond acceptors (Lipinski definition) is 1. The van der Waals surface area contributed by atoms with Crippen LogP contribution in [0.3, 0.4) is 0 Å². The normalized spacial score (nSPS) is 11.9. The van der Waals surface area contributed by atoms with Crippen LogP contribution in [0.4, 0.5) is 0 Å². The highest BCUT2D eigenvalue weighted by Crippen LogP contribution is 2.49. The van der Waals surface area contributed by atoms with Gasteiger partial charge in [0.15, 0.2) is 0 Å². The van der Waals surface area contributed by atoms with E-state index in [0.29, 0.717) is 0 Å². The lowest BCUT2D eigenvalue weighted by Crippen LogP contribution is -1.98. The maximum absolute atomic E-state index is 6.58. The summed E-state index contributed by atoms with van der Waals surface area (Å²) in [6, 6.07) is 56.7. The second-order valence-electron chi connectivity index (χ2n) is 11.3. The zero-order chi connectivity index (χ0) is 28.3. The predicted octanol–water partition coefficient (Wildman–Crippen LogP) is 11.9. The van der Waals surface area contributed by atoms with Crippen LogP contribution in [-0.2, 0) is 0 Å². The summed E-state index contributed by atoms with van der Waals surface area (Å²) in [6.45, 7) is 0. The van der Waals surface area contributed by atoms with E-state index < -0.39 is 0 Å². The highest BCUT2D eigenvalue weighted by molar-refractivity contribution is 6.21. The summed E-state index contributed by atoms with van der Waals surface area (Å²) in [7, 11) is 0. The number of fused-ring (bicyclic) bond motifs is 4. The lowest BCUT2D eigenvalue weighted by atomic mass is 9.85. The van der Waals surface area contributed by atoms with E-state index in [0.717, 1.165) is 22.6 Å². The molecule has 0 amide bonds. The molecule has 1 nitrogen and oxygen atoms in total. The Morgan fingerprint density at radius 3 is 1.53 bits per heavy atom. The molecule has 0 fully saturated rings. The van der Waals surface area contributed by atoms with E-state index >= 15 is 0 Å². The second kappa shape index (κ2) is 9.44. The Balaban J connectivity index is 1.26. The van der Waals surface area contributed by atoms with Crippen LogP contribution in [0, 0.1) is 0 Å². The first kappa shape index (κ1) is 24.0. The van der Waals surface area contributed by atoms with Crippen molar-refractivity contribution in [2.45, 2.75) is 0 Å². The first-order chi connectivity index (χ1) is 21.3. The van der Waals surface area contributed by atoms with Gasteiger partial charge in [-0.3, -0.25) is 0 Å². The van der Waals surface area contributed by atoms with Gasteiger partial charge in [0.2, 0.25) is 0 Å². The topological polar surface area (TPSA) is 9.23 Å². The van der Waals surface area contributed by atoms with Crippen molar-refractivity contribution in [3.63, 3.8) is 0 Å². The van der Waals surface area contributed by atoms with Gasteiger partial charge in [-0.25, -0.2) is 0 Å². The molecule has 9 rings (SSSR count). The standard InChI is InChI=1S/C42H26O/c1-2-10-27(11-3-1)28-20-22-30(23-21-28)40-34-14-4-6-16-36(34)41(37-17-7-5-15-35(37)40)31-24-25-32-33-18-8-12-29-13-9-19-38(42(29)33)43-39(32)26-31/h1-26H. The molecule has 200 valence electrons. The zero-order valence-electron chi connectivity index (χ0n) is 23.4. The molecule has 8 aromatic carbocycles.